The van der Waals surface area contributed by atoms with Crippen molar-refractivity contribution in [1.82, 2.24) is 15.5 Å². The van der Waals surface area contributed by atoms with E-state index in [1.807, 2.05) is 24.3 Å². The number of amides is 5. The minimum atomic E-state index is -0.987. The number of fused-ring (bicyclic) bond motifs is 1. The Hall–Kier alpha value is -5.41. The van der Waals surface area contributed by atoms with Crippen LogP contribution in [0.15, 0.2) is 60.7 Å². The predicted octanol–water partition coefficient (Wildman–Crippen LogP) is 5.92. The monoisotopic (exact) mass is 738 g/mol. The van der Waals surface area contributed by atoms with Crippen LogP contribution in [0.2, 0.25) is 5.02 Å². The minimum Gasteiger partial charge on any atom is -0.489 e. The van der Waals surface area contributed by atoms with Crippen LogP contribution in [0, 0.1) is 22.2 Å². The van der Waals surface area contributed by atoms with E-state index in [1.165, 1.54) is 0 Å². The fourth-order valence-corrected chi connectivity index (χ4v) is 8.24. The summed E-state index contributed by atoms with van der Waals surface area (Å²) in [4.78, 5) is 64.0. The summed E-state index contributed by atoms with van der Waals surface area (Å²) >= 11 is 6.21. The predicted molar refractivity (Wildman–Crippen MR) is 200 cm³/mol. The first-order valence-electron chi connectivity index (χ1n) is 17.8. The lowest BCUT2D eigenvalue weighted by atomic mass is 9.49. The smallest absolute Gasteiger partial charge is 0.262 e. The van der Waals surface area contributed by atoms with Crippen LogP contribution >= 0.6 is 11.6 Å². The number of unbranched alkanes of at least 4 members (excludes halogenated alkanes) is 2. The number of hydrogen-bond acceptors (Lipinski definition) is 9. The van der Waals surface area contributed by atoms with Crippen LogP contribution in [0.4, 0.5) is 11.4 Å². The van der Waals surface area contributed by atoms with Crippen molar-refractivity contribution in [2.75, 3.05) is 23.7 Å². The van der Waals surface area contributed by atoms with Crippen molar-refractivity contribution in [2.45, 2.75) is 78.0 Å². The van der Waals surface area contributed by atoms with E-state index in [-0.39, 0.29) is 52.9 Å². The van der Waals surface area contributed by atoms with E-state index in [0.29, 0.717) is 34.1 Å². The van der Waals surface area contributed by atoms with Gasteiger partial charge in [-0.15, -0.1) is 0 Å². The van der Waals surface area contributed by atoms with Crippen LogP contribution in [0.1, 0.15) is 96.4 Å². The highest BCUT2D eigenvalue weighted by Crippen LogP contribution is 2.55. The molecule has 6 rings (SSSR count). The van der Waals surface area contributed by atoms with Crippen LogP contribution in [-0.2, 0) is 9.59 Å². The molecule has 0 radical (unpaired) electrons. The number of hydrogen-bond donors (Lipinski definition) is 4. The lowest BCUT2D eigenvalue weighted by Crippen LogP contribution is -2.74. The number of halogens is 1. The molecule has 0 aromatic heterocycles. The molecule has 2 heterocycles. The molecule has 1 saturated heterocycles. The van der Waals surface area contributed by atoms with Gasteiger partial charge in [0.1, 0.15) is 24.0 Å². The Kier molecular flexibility index (Phi) is 10.5. The Bertz CT molecular complexity index is 1990. The molecule has 4 N–H and O–H groups in total. The number of nitriles is 1. The Morgan fingerprint density at radius 1 is 0.887 bits per heavy atom. The van der Waals surface area contributed by atoms with Crippen LogP contribution in [-0.4, -0.2) is 65.7 Å². The molecule has 276 valence electrons. The van der Waals surface area contributed by atoms with Gasteiger partial charge in [0.15, 0.2) is 0 Å². The quantitative estimate of drug-likeness (QED) is 0.123. The number of benzene rings is 3. The summed E-state index contributed by atoms with van der Waals surface area (Å²) in [5.41, 5.74) is 2.36. The van der Waals surface area contributed by atoms with Gasteiger partial charge in [-0.3, -0.25) is 34.2 Å². The minimum absolute atomic E-state index is 0.0777. The maximum absolute atomic E-state index is 13.3. The standard InChI is InChI=1S/C40H43ClN6O6/c1-39(2)37(40(3,4)38(39)53-27-14-10-24(22-42)30(41)21-27)46-33(49)23-8-11-25(12-9-23)43-18-6-5-7-19-44-26-13-15-28-29(20-26)36(52)47(35(28)51)31-16-17-32(48)45-34(31)50/h8-15,20-21,31,37-38,43-44H,5-7,16-19H2,1-4H3,(H,46,49)(H,45,48,50)/t31?,37-,38-. The molecule has 5 amide bonds. The highest BCUT2D eigenvalue weighted by Gasteiger charge is 2.64. The molecule has 53 heavy (non-hydrogen) atoms. The molecule has 0 bridgehead atoms. The van der Waals surface area contributed by atoms with Crippen LogP contribution in [0.25, 0.3) is 0 Å². The molecule has 0 spiro atoms. The molecule has 2 fully saturated rings. The third-order valence-corrected chi connectivity index (χ3v) is 10.8. The van der Waals surface area contributed by atoms with Crippen molar-refractivity contribution < 1.29 is 28.7 Å². The second kappa shape index (κ2) is 14.9. The number of anilines is 2. The lowest BCUT2D eigenvalue weighted by molar-refractivity contribution is -0.164. The van der Waals surface area contributed by atoms with Crippen molar-refractivity contribution in [2.24, 2.45) is 10.8 Å². The molecule has 2 aliphatic heterocycles. The van der Waals surface area contributed by atoms with E-state index in [2.05, 4.69) is 55.0 Å². The topological polar surface area (TPSA) is 170 Å². The molecular formula is C40H43ClN6O6. The van der Waals surface area contributed by atoms with Crippen LogP contribution in [0.5, 0.6) is 5.75 Å². The number of imide groups is 2. The van der Waals surface area contributed by atoms with Gasteiger partial charge >= 0.3 is 0 Å². The summed E-state index contributed by atoms with van der Waals surface area (Å²) in [5.74, 6) is -1.65. The first-order chi connectivity index (χ1) is 25.2. The molecule has 3 aromatic carbocycles. The second-order valence-corrected chi connectivity index (χ2v) is 15.4. The average molecular weight is 739 g/mol. The summed E-state index contributed by atoms with van der Waals surface area (Å²) in [5, 5.41) is 21.7. The number of nitrogens with one attached hydrogen (secondary N) is 4. The third-order valence-electron chi connectivity index (χ3n) is 10.5. The summed E-state index contributed by atoms with van der Waals surface area (Å²) in [6.07, 6.45) is 2.76. The molecule has 3 aromatic rings. The largest absolute Gasteiger partial charge is 0.489 e. The van der Waals surface area contributed by atoms with Gasteiger partial charge in [0, 0.05) is 59.4 Å². The lowest BCUT2D eigenvalue weighted by Gasteiger charge is -2.63. The first kappa shape index (κ1) is 37.4. The fraction of sp³-hybridized carbons (Fsp3) is 0.400. The van der Waals surface area contributed by atoms with Crippen molar-refractivity contribution >= 4 is 52.5 Å². The second-order valence-electron chi connectivity index (χ2n) is 15.0. The number of carbonyl (C=O) groups is 5. The van der Waals surface area contributed by atoms with E-state index in [4.69, 9.17) is 21.6 Å². The molecular weight excluding hydrogens is 696 g/mol. The molecule has 1 aliphatic carbocycles. The van der Waals surface area contributed by atoms with Crippen molar-refractivity contribution in [3.8, 4) is 11.8 Å². The number of ether oxygens (including phenoxy) is 1. The molecule has 1 atom stereocenters. The Morgan fingerprint density at radius 3 is 2.17 bits per heavy atom. The molecule has 13 heteroatoms. The molecule has 1 saturated carbocycles. The first-order valence-corrected chi connectivity index (χ1v) is 18.2. The van der Waals surface area contributed by atoms with E-state index < -0.39 is 29.7 Å². The van der Waals surface area contributed by atoms with Crippen LogP contribution in [0.3, 0.4) is 0 Å². The van der Waals surface area contributed by atoms with Crippen molar-refractivity contribution in [3.63, 3.8) is 0 Å². The number of rotatable bonds is 13. The van der Waals surface area contributed by atoms with E-state index in [9.17, 15) is 24.0 Å². The summed E-state index contributed by atoms with van der Waals surface area (Å²) in [7, 11) is 0. The van der Waals surface area contributed by atoms with E-state index >= 15 is 0 Å². The molecule has 3 aliphatic rings. The maximum atomic E-state index is 13.3. The Morgan fingerprint density at radius 2 is 1.53 bits per heavy atom. The summed E-state index contributed by atoms with van der Waals surface area (Å²) < 4.78 is 6.33. The number of piperidine rings is 1. The van der Waals surface area contributed by atoms with Gasteiger partial charge in [0.05, 0.1) is 21.7 Å². The van der Waals surface area contributed by atoms with E-state index in [0.717, 1.165) is 36.4 Å². The zero-order valence-corrected chi connectivity index (χ0v) is 30.9. The zero-order valence-electron chi connectivity index (χ0n) is 30.2. The van der Waals surface area contributed by atoms with Crippen molar-refractivity contribution in [1.29, 1.82) is 5.26 Å². The van der Waals surface area contributed by atoms with Gasteiger partial charge in [-0.1, -0.05) is 39.3 Å². The highest BCUT2D eigenvalue weighted by molar-refractivity contribution is 6.31. The average Bonchev–Trinajstić information content (AvgIpc) is 3.37. The van der Waals surface area contributed by atoms with Gasteiger partial charge in [-0.2, -0.15) is 5.26 Å². The summed E-state index contributed by atoms with van der Waals surface area (Å²) in [6.45, 7) is 9.71. The van der Waals surface area contributed by atoms with Gasteiger partial charge in [0.2, 0.25) is 11.8 Å². The third kappa shape index (κ3) is 7.44. The Balaban J connectivity index is 0.911. The normalized spacial score (nSPS) is 21.2. The number of carbonyl (C=O) groups excluding carboxylic acids is 5. The van der Waals surface area contributed by atoms with E-state index in [1.54, 1.807) is 36.4 Å². The molecule has 12 nitrogen and oxygen atoms in total. The number of nitrogens with zero attached hydrogens (tertiary/aromatic N) is 2. The fourth-order valence-electron chi connectivity index (χ4n) is 8.02. The van der Waals surface area contributed by atoms with Gasteiger partial charge in [-0.05, 0) is 80.3 Å². The van der Waals surface area contributed by atoms with Gasteiger partial charge < -0.3 is 20.7 Å². The Labute approximate surface area is 313 Å². The molecule has 1 unspecified atom stereocenters. The maximum Gasteiger partial charge on any atom is 0.262 e. The van der Waals surface area contributed by atoms with Gasteiger partial charge in [0.25, 0.3) is 17.7 Å². The SMILES string of the molecule is CC1(C)[C@H](NC(=O)c2ccc(NCCCCCNc3ccc4c(c3)C(=O)N(C3CCC(=O)NC3=O)C4=O)cc2)C(C)(C)[C@H]1Oc1ccc(C#N)c(Cl)c1. The zero-order chi connectivity index (χ0) is 38.1. The highest BCUT2D eigenvalue weighted by atomic mass is 35.5. The van der Waals surface area contributed by atoms with Gasteiger partial charge in [-0.25, -0.2) is 0 Å². The summed E-state index contributed by atoms with van der Waals surface area (Å²) in [6, 6.07) is 18.4. The van der Waals surface area contributed by atoms with Crippen LogP contribution < -0.4 is 26.0 Å². The van der Waals surface area contributed by atoms with Crippen molar-refractivity contribution in [3.05, 3.63) is 87.9 Å².